The van der Waals surface area contributed by atoms with Crippen LogP contribution in [-0.4, -0.2) is 37.6 Å². The lowest BCUT2D eigenvalue weighted by Crippen LogP contribution is -2.24. The number of aliphatic hydroxyl groups excluding tert-OH is 1. The molecule has 0 aromatic rings. The molecule has 1 heterocycles. The van der Waals surface area contributed by atoms with Crippen molar-refractivity contribution < 1.29 is 14.6 Å². The summed E-state index contributed by atoms with van der Waals surface area (Å²) in [6.45, 7) is 2.44. The molecule has 0 aromatic carbocycles. The summed E-state index contributed by atoms with van der Waals surface area (Å²) < 4.78 is 10.8. The second-order valence-corrected chi connectivity index (χ2v) is 3.14. The predicted molar refractivity (Wildman–Crippen MR) is 46.1 cm³/mol. The maximum Gasteiger partial charge on any atom is 0.0808 e. The van der Waals surface area contributed by atoms with Gasteiger partial charge in [-0.05, 0) is 25.7 Å². The van der Waals surface area contributed by atoms with Gasteiger partial charge in [0, 0.05) is 19.8 Å². The molecule has 0 saturated carbocycles. The Morgan fingerprint density at radius 3 is 3.00 bits per heavy atom. The SMILES string of the molecule is OCCCOCC1CCCCO1. The zero-order valence-electron chi connectivity index (χ0n) is 7.50. The van der Waals surface area contributed by atoms with Gasteiger partial charge in [-0.2, -0.15) is 0 Å². The smallest absolute Gasteiger partial charge is 0.0808 e. The molecule has 3 nitrogen and oxygen atoms in total. The van der Waals surface area contributed by atoms with Gasteiger partial charge >= 0.3 is 0 Å². The van der Waals surface area contributed by atoms with E-state index in [9.17, 15) is 0 Å². The molecule has 1 aliphatic heterocycles. The van der Waals surface area contributed by atoms with Gasteiger partial charge in [0.25, 0.3) is 0 Å². The van der Waals surface area contributed by atoms with Gasteiger partial charge < -0.3 is 14.6 Å². The highest BCUT2D eigenvalue weighted by Gasteiger charge is 2.12. The van der Waals surface area contributed by atoms with Crippen LogP contribution in [0.1, 0.15) is 25.7 Å². The van der Waals surface area contributed by atoms with E-state index in [2.05, 4.69) is 0 Å². The van der Waals surface area contributed by atoms with E-state index in [-0.39, 0.29) is 6.61 Å². The Hall–Kier alpha value is -0.120. The van der Waals surface area contributed by atoms with E-state index in [1.165, 1.54) is 12.8 Å². The Bertz CT molecular complexity index is 99.9. The molecule has 1 fully saturated rings. The molecular formula is C9H18O3. The van der Waals surface area contributed by atoms with Gasteiger partial charge in [-0.1, -0.05) is 0 Å². The third-order valence-electron chi connectivity index (χ3n) is 2.02. The summed E-state index contributed by atoms with van der Waals surface area (Å²) in [4.78, 5) is 0. The summed E-state index contributed by atoms with van der Waals surface area (Å²) in [5.74, 6) is 0. The van der Waals surface area contributed by atoms with Crippen molar-refractivity contribution in [2.75, 3.05) is 26.4 Å². The van der Waals surface area contributed by atoms with Gasteiger partial charge in [-0.15, -0.1) is 0 Å². The van der Waals surface area contributed by atoms with Crippen molar-refractivity contribution in [3.05, 3.63) is 0 Å². The van der Waals surface area contributed by atoms with Gasteiger partial charge in [0.1, 0.15) is 0 Å². The van der Waals surface area contributed by atoms with E-state index in [4.69, 9.17) is 14.6 Å². The average Bonchev–Trinajstić information content (AvgIpc) is 2.14. The van der Waals surface area contributed by atoms with Crippen molar-refractivity contribution in [1.29, 1.82) is 0 Å². The molecule has 1 atom stereocenters. The zero-order valence-corrected chi connectivity index (χ0v) is 7.50. The fourth-order valence-corrected chi connectivity index (χ4v) is 1.32. The first-order chi connectivity index (χ1) is 5.93. The van der Waals surface area contributed by atoms with Crippen molar-refractivity contribution in [2.24, 2.45) is 0 Å². The van der Waals surface area contributed by atoms with Crippen LogP contribution in [0.4, 0.5) is 0 Å². The van der Waals surface area contributed by atoms with Crippen LogP contribution in [0.15, 0.2) is 0 Å². The zero-order chi connectivity index (χ0) is 8.65. The Kier molecular flexibility index (Phi) is 5.32. The molecule has 0 aromatic heterocycles. The lowest BCUT2D eigenvalue weighted by atomic mass is 10.1. The van der Waals surface area contributed by atoms with Crippen LogP contribution in [0.3, 0.4) is 0 Å². The molecule has 0 radical (unpaired) electrons. The fraction of sp³-hybridized carbons (Fsp3) is 1.00. The van der Waals surface area contributed by atoms with Crippen molar-refractivity contribution in [3.8, 4) is 0 Å². The van der Waals surface area contributed by atoms with Gasteiger partial charge in [0.15, 0.2) is 0 Å². The minimum Gasteiger partial charge on any atom is -0.396 e. The lowest BCUT2D eigenvalue weighted by Gasteiger charge is -2.22. The van der Waals surface area contributed by atoms with E-state index in [0.717, 1.165) is 19.4 Å². The van der Waals surface area contributed by atoms with Crippen molar-refractivity contribution in [1.82, 2.24) is 0 Å². The molecule has 0 bridgehead atoms. The van der Waals surface area contributed by atoms with Crippen LogP contribution in [0.5, 0.6) is 0 Å². The van der Waals surface area contributed by atoms with Gasteiger partial charge in [-0.25, -0.2) is 0 Å². The highest BCUT2D eigenvalue weighted by molar-refractivity contribution is 4.62. The van der Waals surface area contributed by atoms with Crippen LogP contribution in [0.25, 0.3) is 0 Å². The third-order valence-corrected chi connectivity index (χ3v) is 2.02. The van der Waals surface area contributed by atoms with Gasteiger partial charge in [-0.3, -0.25) is 0 Å². The Morgan fingerprint density at radius 2 is 2.33 bits per heavy atom. The second kappa shape index (κ2) is 6.40. The number of hydrogen-bond acceptors (Lipinski definition) is 3. The van der Waals surface area contributed by atoms with E-state index in [1.807, 2.05) is 0 Å². The molecule has 1 unspecified atom stereocenters. The van der Waals surface area contributed by atoms with Crippen LogP contribution in [0.2, 0.25) is 0 Å². The highest BCUT2D eigenvalue weighted by atomic mass is 16.5. The topological polar surface area (TPSA) is 38.7 Å². The second-order valence-electron chi connectivity index (χ2n) is 3.14. The maximum atomic E-state index is 8.49. The van der Waals surface area contributed by atoms with E-state index >= 15 is 0 Å². The van der Waals surface area contributed by atoms with Crippen LogP contribution in [0, 0.1) is 0 Å². The highest BCUT2D eigenvalue weighted by Crippen LogP contribution is 2.12. The minimum atomic E-state index is 0.214. The van der Waals surface area contributed by atoms with Gasteiger partial charge in [0.05, 0.1) is 12.7 Å². The summed E-state index contributed by atoms with van der Waals surface area (Å²) in [5.41, 5.74) is 0. The molecule has 3 heteroatoms. The molecule has 0 aliphatic carbocycles. The molecule has 1 rings (SSSR count). The maximum absolute atomic E-state index is 8.49. The Morgan fingerprint density at radius 1 is 1.42 bits per heavy atom. The van der Waals surface area contributed by atoms with E-state index < -0.39 is 0 Å². The third kappa shape index (κ3) is 4.04. The van der Waals surface area contributed by atoms with Crippen LogP contribution in [-0.2, 0) is 9.47 Å². The molecule has 1 N–H and O–H groups in total. The normalized spacial score (nSPS) is 24.2. The van der Waals surface area contributed by atoms with E-state index in [1.54, 1.807) is 0 Å². The number of ether oxygens (including phenoxy) is 2. The van der Waals surface area contributed by atoms with Crippen molar-refractivity contribution in [3.63, 3.8) is 0 Å². The largest absolute Gasteiger partial charge is 0.396 e. The molecule has 1 aliphatic rings. The summed E-state index contributed by atoms with van der Waals surface area (Å²) in [5, 5.41) is 8.49. The molecule has 0 spiro atoms. The summed E-state index contributed by atoms with van der Waals surface area (Å²) in [7, 11) is 0. The summed E-state index contributed by atoms with van der Waals surface area (Å²) >= 11 is 0. The van der Waals surface area contributed by atoms with E-state index in [0.29, 0.717) is 19.3 Å². The van der Waals surface area contributed by atoms with Gasteiger partial charge in [0.2, 0.25) is 0 Å². The first-order valence-electron chi connectivity index (χ1n) is 4.73. The number of aliphatic hydroxyl groups is 1. The standard InChI is InChI=1S/C9H18O3/c10-5-3-6-11-8-9-4-1-2-7-12-9/h9-10H,1-8H2. The Labute approximate surface area is 73.7 Å². The van der Waals surface area contributed by atoms with Crippen LogP contribution >= 0.6 is 0 Å². The Balaban J connectivity index is 1.91. The van der Waals surface area contributed by atoms with Crippen molar-refractivity contribution >= 4 is 0 Å². The monoisotopic (exact) mass is 174 g/mol. The fourth-order valence-electron chi connectivity index (χ4n) is 1.32. The first-order valence-corrected chi connectivity index (χ1v) is 4.73. The molecule has 0 amide bonds. The summed E-state index contributed by atoms with van der Waals surface area (Å²) in [6, 6.07) is 0. The number of hydrogen-bond donors (Lipinski definition) is 1. The minimum absolute atomic E-state index is 0.214. The molecule has 72 valence electrons. The van der Waals surface area contributed by atoms with Crippen LogP contribution < -0.4 is 0 Å². The summed E-state index contributed by atoms with van der Waals surface area (Å²) in [6.07, 6.45) is 4.60. The number of rotatable bonds is 5. The first kappa shape index (κ1) is 9.96. The molecule has 12 heavy (non-hydrogen) atoms. The predicted octanol–water partition coefficient (Wildman–Crippen LogP) is 0.954. The average molecular weight is 174 g/mol. The lowest BCUT2D eigenvalue weighted by molar-refractivity contribution is -0.0422. The molecule has 1 saturated heterocycles. The quantitative estimate of drug-likeness (QED) is 0.631. The van der Waals surface area contributed by atoms with Crippen molar-refractivity contribution in [2.45, 2.75) is 31.8 Å². The molecular weight excluding hydrogens is 156 g/mol.